The highest BCUT2D eigenvalue weighted by Crippen LogP contribution is 2.13. The molecule has 0 unspecified atom stereocenters. The molecule has 2 heterocycles. The van der Waals surface area contributed by atoms with E-state index in [4.69, 9.17) is 4.74 Å². The molecule has 0 saturated carbocycles. The molecule has 1 aliphatic heterocycles. The molecule has 6 heteroatoms. The van der Waals surface area contributed by atoms with Crippen molar-refractivity contribution >= 4 is 11.7 Å². The van der Waals surface area contributed by atoms with Crippen LogP contribution in [0.2, 0.25) is 0 Å². The Kier molecular flexibility index (Phi) is 6.41. The predicted octanol–water partition coefficient (Wildman–Crippen LogP) is 3.16. The van der Waals surface area contributed by atoms with Crippen molar-refractivity contribution in [1.82, 2.24) is 14.9 Å². The van der Waals surface area contributed by atoms with Crippen molar-refractivity contribution in [3.8, 4) is 5.75 Å². The summed E-state index contributed by atoms with van der Waals surface area (Å²) in [5.41, 5.74) is 1.65. The lowest BCUT2D eigenvalue weighted by Gasteiger charge is -2.19. The van der Waals surface area contributed by atoms with Gasteiger partial charge in [-0.15, -0.1) is 0 Å². The highest BCUT2D eigenvalue weighted by molar-refractivity contribution is 5.92. The number of carbonyl (C=O) groups is 1. The van der Waals surface area contributed by atoms with Gasteiger partial charge in [0.25, 0.3) is 5.91 Å². The maximum atomic E-state index is 12.5. The van der Waals surface area contributed by atoms with Crippen molar-refractivity contribution in [2.45, 2.75) is 32.1 Å². The Labute approximate surface area is 154 Å². The standard InChI is InChI=1S/C20H26N4O2/c1-26-17-8-6-16(7-9-17)10-11-21-19-15-22-18(14-23-19)20(25)24-12-4-2-3-5-13-24/h6-9,14-15H,2-5,10-13H2,1H3,(H,21,23). The molecule has 0 atom stereocenters. The number of aromatic nitrogens is 2. The molecule has 1 fully saturated rings. The van der Waals surface area contributed by atoms with Gasteiger partial charge in [-0.1, -0.05) is 25.0 Å². The molecule has 3 rings (SSSR count). The number of nitrogens with one attached hydrogen (secondary N) is 1. The molecular weight excluding hydrogens is 328 g/mol. The zero-order chi connectivity index (χ0) is 18.2. The van der Waals surface area contributed by atoms with Crippen LogP contribution in [0.3, 0.4) is 0 Å². The minimum absolute atomic E-state index is 0.0100. The minimum atomic E-state index is -0.0100. The van der Waals surface area contributed by atoms with Crippen LogP contribution in [0.1, 0.15) is 41.7 Å². The lowest BCUT2D eigenvalue weighted by atomic mass is 10.1. The Balaban J connectivity index is 1.49. The molecule has 26 heavy (non-hydrogen) atoms. The van der Waals surface area contributed by atoms with E-state index in [1.807, 2.05) is 17.0 Å². The molecule has 0 radical (unpaired) electrons. The number of amides is 1. The number of ether oxygens (including phenoxy) is 1. The summed E-state index contributed by atoms with van der Waals surface area (Å²) in [5, 5.41) is 3.25. The first-order valence-electron chi connectivity index (χ1n) is 9.24. The predicted molar refractivity (Wildman–Crippen MR) is 102 cm³/mol. The molecule has 6 nitrogen and oxygen atoms in total. The average Bonchev–Trinajstić information content (AvgIpc) is 2.98. The summed E-state index contributed by atoms with van der Waals surface area (Å²) in [6, 6.07) is 8.01. The molecule has 0 bridgehead atoms. The van der Waals surface area contributed by atoms with Gasteiger partial charge in [0.15, 0.2) is 0 Å². The number of hydrogen-bond acceptors (Lipinski definition) is 5. The van der Waals surface area contributed by atoms with Crippen LogP contribution in [0.5, 0.6) is 5.75 Å². The lowest BCUT2D eigenvalue weighted by Crippen LogP contribution is -2.32. The number of rotatable bonds is 6. The van der Waals surface area contributed by atoms with E-state index in [0.717, 1.165) is 44.6 Å². The van der Waals surface area contributed by atoms with Gasteiger partial charge in [0.2, 0.25) is 0 Å². The van der Waals surface area contributed by atoms with Crippen LogP contribution in [0, 0.1) is 0 Å². The molecule has 1 N–H and O–H groups in total. The van der Waals surface area contributed by atoms with Gasteiger partial charge in [-0.3, -0.25) is 4.79 Å². The second-order valence-electron chi connectivity index (χ2n) is 6.52. The third kappa shape index (κ3) is 4.94. The smallest absolute Gasteiger partial charge is 0.274 e. The fourth-order valence-corrected chi connectivity index (χ4v) is 3.09. The molecule has 1 aromatic carbocycles. The molecule has 1 amide bonds. The Morgan fingerprint density at radius 3 is 2.42 bits per heavy atom. The van der Waals surface area contributed by atoms with E-state index < -0.39 is 0 Å². The number of nitrogens with zero attached hydrogens (tertiary/aromatic N) is 3. The van der Waals surface area contributed by atoms with Gasteiger partial charge in [-0.05, 0) is 37.0 Å². The van der Waals surface area contributed by atoms with Gasteiger partial charge < -0.3 is 15.0 Å². The quantitative estimate of drug-likeness (QED) is 0.863. The number of likely N-dealkylation sites (tertiary alicyclic amines) is 1. The van der Waals surface area contributed by atoms with Crippen LogP contribution in [-0.2, 0) is 6.42 Å². The summed E-state index contributed by atoms with van der Waals surface area (Å²) in [4.78, 5) is 23.0. The number of carbonyl (C=O) groups excluding carboxylic acids is 1. The number of benzene rings is 1. The van der Waals surface area contributed by atoms with Gasteiger partial charge in [0, 0.05) is 19.6 Å². The maximum absolute atomic E-state index is 12.5. The first-order valence-corrected chi connectivity index (χ1v) is 9.24. The van der Waals surface area contributed by atoms with Crippen molar-refractivity contribution < 1.29 is 9.53 Å². The first kappa shape index (κ1) is 18.2. The molecule has 1 aliphatic rings. The summed E-state index contributed by atoms with van der Waals surface area (Å²) in [6.07, 6.45) is 8.63. The average molecular weight is 354 g/mol. The first-order chi connectivity index (χ1) is 12.8. The molecule has 0 spiro atoms. The number of methoxy groups -OCH3 is 1. The van der Waals surface area contributed by atoms with Gasteiger partial charge >= 0.3 is 0 Å². The fraction of sp³-hybridized carbons (Fsp3) is 0.450. The normalized spacial score (nSPS) is 14.6. The van der Waals surface area contributed by atoms with Crippen LogP contribution in [0.25, 0.3) is 0 Å². The number of hydrogen-bond donors (Lipinski definition) is 1. The monoisotopic (exact) mass is 354 g/mol. The van der Waals surface area contributed by atoms with Gasteiger partial charge in [0.05, 0.1) is 19.5 Å². The summed E-state index contributed by atoms with van der Waals surface area (Å²) in [7, 11) is 1.66. The third-order valence-corrected chi connectivity index (χ3v) is 4.64. The van der Waals surface area contributed by atoms with Crippen LogP contribution in [0.4, 0.5) is 5.82 Å². The van der Waals surface area contributed by atoms with E-state index in [9.17, 15) is 4.79 Å². The Bertz CT molecular complexity index is 693. The third-order valence-electron chi connectivity index (χ3n) is 4.64. The fourth-order valence-electron chi connectivity index (χ4n) is 3.09. The highest BCUT2D eigenvalue weighted by Gasteiger charge is 2.18. The van der Waals surface area contributed by atoms with Gasteiger partial charge in [-0.25, -0.2) is 9.97 Å². The van der Waals surface area contributed by atoms with E-state index in [0.29, 0.717) is 11.5 Å². The summed E-state index contributed by atoms with van der Waals surface area (Å²) in [5.74, 6) is 1.53. The molecule has 1 saturated heterocycles. The SMILES string of the molecule is COc1ccc(CCNc2cnc(C(=O)N3CCCCCC3)cn2)cc1. The zero-order valence-corrected chi connectivity index (χ0v) is 15.3. The van der Waals surface area contributed by atoms with Crippen LogP contribution >= 0.6 is 0 Å². The zero-order valence-electron chi connectivity index (χ0n) is 15.3. The van der Waals surface area contributed by atoms with Crippen molar-refractivity contribution in [1.29, 1.82) is 0 Å². The van der Waals surface area contributed by atoms with Gasteiger partial charge in [0.1, 0.15) is 17.3 Å². The lowest BCUT2D eigenvalue weighted by molar-refractivity contribution is 0.0755. The van der Waals surface area contributed by atoms with Crippen LogP contribution in [-0.4, -0.2) is 47.5 Å². The largest absolute Gasteiger partial charge is 0.497 e. The maximum Gasteiger partial charge on any atom is 0.274 e. The number of anilines is 1. The topological polar surface area (TPSA) is 67.3 Å². The molecular formula is C20H26N4O2. The Morgan fingerprint density at radius 2 is 1.81 bits per heavy atom. The minimum Gasteiger partial charge on any atom is -0.497 e. The van der Waals surface area contributed by atoms with E-state index in [1.54, 1.807) is 19.5 Å². The molecule has 0 aliphatic carbocycles. The van der Waals surface area contributed by atoms with E-state index in [-0.39, 0.29) is 5.91 Å². The molecule has 1 aromatic heterocycles. The van der Waals surface area contributed by atoms with Crippen LogP contribution < -0.4 is 10.1 Å². The molecule has 2 aromatic rings. The Morgan fingerprint density at radius 1 is 1.08 bits per heavy atom. The summed E-state index contributed by atoms with van der Waals surface area (Å²) in [6.45, 7) is 2.39. The van der Waals surface area contributed by atoms with E-state index in [1.165, 1.54) is 18.4 Å². The Hall–Kier alpha value is -2.63. The second-order valence-corrected chi connectivity index (χ2v) is 6.52. The van der Waals surface area contributed by atoms with Crippen molar-refractivity contribution in [3.05, 3.63) is 47.9 Å². The highest BCUT2D eigenvalue weighted by atomic mass is 16.5. The van der Waals surface area contributed by atoms with Crippen molar-refractivity contribution in [3.63, 3.8) is 0 Å². The van der Waals surface area contributed by atoms with Crippen molar-refractivity contribution in [2.75, 3.05) is 32.1 Å². The summed E-state index contributed by atoms with van der Waals surface area (Å²) < 4.78 is 5.16. The van der Waals surface area contributed by atoms with E-state index in [2.05, 4.69) is 27.4 Å². The van der Waals surface area contributed by atoms with Crippen LogP contribution in [0.15, 0.2) is 36.7 Å². The second kappa shape index (κ2) is 9.17. The van der Waals surface area contributed by atoms with Gasteiger partial charge in [-0.2, -0.15) is 0 Å². The molecule has 138 valence electrons. The van der Waals surface area contributed by atoms with Crippen molar-refractivity contribution in [2.24, 2.45) is 0 Å². The summed E-state index contributed by atoms with van der Waals surface area (Å²) >= 11 is 0. The van der Waals surface area contributed by atoms with E-state index >= 15 is 0 Å².